The average molecular weight is 664 g/mol. The fraction of sp³-hybridized carbons (Fsp3) is 0. The monoisotopic (exact) mass is 663 g/mol. The molecule has 244 valence electrons. The molecule has 0 saturated carbocycles. The van der Waals surface area contributed by atoms with Crippen molar-refractivity contribution in [1.82, 2.24) is 0 Å². The molecule has 0 aliphatic carbocycles. The first-order valence-electron chi connectivity index (χ1n) is 17.8. The van der Waals surface area contributed by atoms with Gasteiger partial charge in [0.15, 0.2) is 0 Å². The van der Waals surface area contributed by atoms with Crippen LogP contribution in [-0.4, -0.2) is 0 Å². The fourth-order valence-corrected chi connectivity index (χ4v) is 7.74. The van der Waals surface area contributed by atoms with Gasteiger partial charge in [-0.05, 0) is 97.9 Å². The van der Waals surface area contributed by atoms with Gasteiger partial charge in [0.2, 0.25) is 0 Å². The minimum atomic E-state index is 0.872. The maximum absolute atomic E-state index is 6.53. The van der Waals surface area contributed by atoms with Gasteiger partial charge in [0, 0.05) is 27.7 Å². The molecule has 0 fully saturated rings. The number of benzene rings is 9. The van der Waals surface area contributed by atoms with Crippen molar-refractivity contribution in [2.24, 2.45) is 0 Å². The summed E-state index contributed by atoms with van der Waals surface area (Å²) in [5.74, 6) is 0. The minimum absolute atomic E-state index is 0.872. The molecule has 1 aromatic heterocycles. The molecule has 0 spiro atoms. The molecule has 0 saturated heterocycles. The first kappa shape index (κ1) is 30.0. The molecule has 10 rings (SSSR count). The van der Waals surface area contributed by atoms with E-state index in [-0.39, 0.29) is 0 Å². The second-order valence-electron chi connectivity index (χ2n) is 13.3. The van der Waals surface area contributed by atoms with Gasteiger partial charge in [-0.2, -0.15) is 0 Å². The molecule has 2 heteroatoms. The van der Waals surface area contributed by atoms with Crippen molar-refractivity contribution in [2.45, 2.75) is 0 Å². The molecular formula is C50H33NO. The summed E-state index contributed by atoms with van der Waals surface area (Å²) in [5, 5.41) is 7.15. The van der Waals surface area contributed by atoms with Crippen molar-refractivity contribution < 1.29 is 4.42 Å². The summed E-state index contributed by atoms with van der Waals surface area (Å²) in [6.45, 7) is 0. The highest BCUT2D eigenvalue weighted by atomic mass is 16.3. The lowest BCUT2D eigenvalue weighted by atomic mass is 9.92. The number of furan rings is 1. The minimum Gasteiger partial charge on any atom is -0.456 e. The first-order valence-corrected chi connectivity index (χ1v) is 17.8. The molecule has 2 nitrogen and oxygen atoms in total. The Morgan fingerprint density at radius 3 is 1.48 bits per heavy atom. The summed E-state index contributed by atoms with van der Waals surface area (Å²) in [5.41, 5.74) is 12.0. The number of fused-ring (bicyclic) bond motifs is 6. The van der Waals surface area contributed by atoms with Crippen LogP contribution < -0.4 is 4.90 Å². The van der Waals surface area contributed by atoms with Crippen LogP contribution >= 0.6 is 0 Å². The second kappa shape index (κ2) is 12.5. The standard InChI is InChI=1S/C50H33NO/c1-3-11-34(12-4-1)36-23-27-41(28-24-36)51(42-29-25-37(26-30-42)35-13-5-2-6-14-35)46-31-32-48-50(44-17-9-10-18-47(44)52-48)49(46)40-22-21-39-20-19-38-15-7-8-16-43(38)45(39)33-40/h1-33H. The quantitative estimate of drug-likeness (QED) is 0.165. The molecule has 1 heterocycles. The number of para-hydroxylation sites is 1. The fourth-order valence-electron chi connectivity index (χ4n) is 7.74. The number of hydrogen-bond acceptors (Lipinski definition) is 2. The Bertz CT molecular complexity index is 2790. The van der Waals surface area contributed by atoms with E-state index in [4.69, 9.17) is 4.42 Å². The van der Waals surface area contributed by atoms with Crippen LogP contribution in [0.1, 0.15) is 0 Å². The summed E-state index contributed by atoms with van der Waals surface area (Å²) >= 11 is 0. The molecule has 52 heavy (non-hydrogen) atoms. The number of rotatable bonds is 6. The van der Waals surface area contributed by atoms with Gasteiger partial charge >= 0.3 is 0 Å². The Morgan fingerprint density at radius 2 is 0.827 bits per heavy atom. The van der Waals surface area contributed by atoms with E-state index in [2.05, 4.69) is 199 Å². The van der Waals surface area contributed by atoms with E-state index in [0.717, 1.165) is 50.1 Å². The number of nitrogens with zero attached hydrogens (tertiary/aromatic N) is 1. The largest absolute Gasteiger partial charge is 0.456 e. The maximum Gasteiger partial charge on any atom is 0.136 e. The van der Waals surface area contributed by atoms with Crippen LogP contribution in [0.2, 0.25) is 0 Å². The SMILES string of the molecule is c1ccc(-c2ccc(N(c3ccc(-c4ccccc4)cc3)c3ccc4oc5ccccc5c4c3-c3ccc4ccc5ccccc5c4c3)cc2)cc1. The smallest absolute Gasteiger partial charge is 0.136 e. The highest BCUT2D eigenvalue weighted by Crippen LogP contribution is 2.48. The van der Waals surface area contributed by atoms with E-state index >= 15 is 0 Å². The average Bonchev–Trinajstić information content (AvgIpc) is 3.61. The normalized spacial score (nSPS) is 11.5. The van der Waals surface area contributed by atoms with E-state index in [0.29, 0.717) is 0 Å². The summed E-state index contributed by atoms with van der Waals surface area (Å²) in [6.07, 6.45) is 0. The van der Waals surface area contributed by atoms with Crippen LogP contribution in [0.5, 0.6) is 0 Å². The molecule has 9 aromatic carbocycles. The van der Waals surface area contributed by atoms with Crippen molar-refractivity contribution in [3.8, 4) is 33.4 Å². The Kier molecular flexibility index (Phi) is 7.18. The summed E-state index contributed by atoms with van der Waals surface area (Å²) in [4.78, 5) is 2.40. The lowest BCUT2D eigenvalue weighted by Gasteiger charge is -2.29. The lowest BCUT2D eigenvalue weighted by Crippen LogP contribution is -2.11. The van der Waals surface area contributed by atoms with Crippen molar-refractivity contribution >= 4 is 60.5 Å². The molecule has 0 unspecified atom stereocenters. The van der Waals surface area contributed by atoms with Crippen molar-refractivity contribution in [1.29, 1.82) is 0 Å². The van der Waals surface area contributed by atoms with Crippen LogP contribution in [0.3, 0.4) is 0 Å². The van der Waals surface area contributed by atoms with E-state index in [1.54, 1.807) is 0 Å². The molecule has 0 aliphatic rings. The zero-order chi connectivity index (χ0) is 34.4. The molecular weight excluding hydrogens is 631 g/mol. The van der Waals surface area contributed by atoms with E-state index in [9.17, 15) is 0 Å². The van der Waals surface area contributed by atoms with Crippen LogP contribution in [0.4, 0.5) is 17.1 Å². The predicted molar refractivity (Wildman–Crippen MR) is 220 cm³/mol. The van der Waals surface area contributed by atoms with Gasteiger partial charge < -0.3 is 9.32 Å². The van der Waals surface area contributed by atoms with Gasteiger partial charge in [-0.1, -0.05) is 152 Å². The van der Waals surface area contributed by atoms with Crippen LogP contribution in [0, 0.1) is 0 Å². The third-order valence-corrected chi connectivity index (χ3v) is 10.3. The van der Waals surface area contributed by atoms with Crippen LogP contribution in [-0.2, 0) is 0 Å². The molecule has 0 bridgehead atoms. The highest BCUT2D eigenvalue weighted by molar-refractivity contribution is 6.18. The van der Waals surface area contributed by atoms with Gasteiger partial charge in [0.25, 0.3) is 0 Å². The molecule has 10 aromatic rings. The van der Waals surface area contributed by atoms with Gasteiger partial charge in [-0.15, -0.1) is 0 Å². The third kappa shape index (κ3) is 5.12. The van der Waals surface area contributed by atoms with E-state index < -0.39 is 0 Å². The number of anilines is 3. The van der Waals surface area contributed by atoms with Crippen LogP contribution in [0.15, 0.2) is 205 Å². The lowest BCUT2D eigenvalue weighted by molar-refractivity contribution is 0.669. The predicted octanol–water partition coefficient (Wildman–Crippen LogP) is 14.4. The van der Waals surface area contributed by atoms with E-state index in [1.165, 1.54) is 43.8 Å². The van der Waals surface area contributed by atoms with Crippen molar-refractivity contribution in [3.63, 3.8) is 0 Å². The third-order valence-electron chi connectivity index (χ3n) is 10.3. The Hall–Kier alpha value is -6.90. The second-order valence-corrected chi connectivity index (χ2v) is 13.3. The zero-order valence-corrected chi connectivity index (χ0v) is 28.4. The van der Waals surface area contributed by atoms with Crippen LogP contribution in [0.25, 0.3) is 76.9 Å². The van der Waals surface area contributed by atoms with E-state index in [1.807, 2.05) is 6.07 Å². The van der Waals surface area contributed by atoms with Gasteiger partial charge in [0.1, 0.15) is 11.2 Å². The van der Waals surface area contributed by atoms with Gasteiger partial charge in [-0.25, -0.2) is 0 Å². The molecule has 0 aliphatic heterocycles. The summed E-state index contributed by atoms with van der Waals surface area (Å²) < 4.78 is 6.53. The Morgan fingerprint density at radius 1 is 0.327 bits per heavy atom. The molecule has 0 atom stereocenters. The summed E-state index contributed by atoms with van der Waals surface area (Å²) in [6, 6.07) is 71.7. The Labute approximate surface area is 302 Å². The van der Waals surface area contributed by atoms with Crippen molar-refractivity contribution in [2.75, 3.05) is 4.90 Å². The van der Waals surface area contributed by atoms with Gasteiger partial charge in [-0.3, -0.25) is 0 Å². The zero-order valence-electron chi connectivity index (χ0n) is 28.4. The van der Waals surface area contributed by atoms with Crippen molar-refractivity contribution in [3.05, 3.63) is 200 Å². The Balaban J connectivity index is 1.24. The number of hydrogen-bond donors (Lipinski definition) is 0. The summed E-state index contributed by atoms with van der Waals surface area (Å²) in [7, 11) is 0. The molecule has 0 amide bonds. The maximum atomic E-state index is 6.53. The first-order chi connectivity index (χ1) is 25.8. The molecule has 0 N–H and O–H groups in total. The molecule has 0 radical (unpaired) electrons. The highest BCUT2D eigenvalue weighted by Gasteiger charge is 2.23. The van der Waals surface area contributed by atoms with Gasteiger partial charge in [0.05, 0.1) is 5.69 Å². The topological polar surface area (TPSA) is 16.4 Å².